The number of aromatic hydroxyl groups is 1. The largest absolute Gasteiger partial charge is 0.508 e. The van der Waals surface area contributed by atoms with Crippen LogP contribution in [0.3, 0.4) is 0 Å². The molecular weight excluding hydrogens is 298 g/mol. The minimum atomic E-state index is -1.32. The van der Waals surface area contributed by atoms with Crippen molar-refractivity contribution in [2.45, 2.75) is 58.0 Å². The Morgan fingerprint density at radius 1 is 1.00 bits per heavy atom. The van der Waals surface area contributed by atoms with Crippen LogP contribution in [0.25, 0.3) is 0 Å². The van der Waals surface area contributed by atoms with Gasteiger partial charge in [0.1, 0.15) is 18.2 Å². The molecule has 0 saturated heterocycles. The van der Waals surface area contributed by atoms with Crippen LogP contribution in [0, 0.1) is 0 Å². The smallest absolute Gasteiger partial charge is 0.133 e. The van der Waals surface area contributed by atoms with E-state index in [0.29, 0.717) is 5.56 Å². The summed E-state index contributed by atoms with van der Waals surface area (Å²) in [7, 11) is 0. The maximum atomic E-state index is 9.99. The normalized spacial score (nSPS) is 14.2. The monoisotopic (exact) mass is 327 g/mol. The van der Waals surface area contributed by atoms with E-state index in [1.807, 2.05) is 12.1 Å². The average Bonchev–Trinajstić information content (AvgIpc) is 2.57. The summed E-state index contributed by atoms with van der Waals surface area (Å²) in [6.07, 6.45) is 2.87. The van der Waals surface area contributed by atoms with Crippen LogP contribution in [-0.2, 0) is 13.0 Å². The molecule has 0 aliphatic rings. The van der Waals surface area contributed by atoms with Gasteiger partial charge in [-0.2, -0.15) is 0 Å². The van der Waals surface area contributed by atoms with Gasteiger partial charge in [0.15, 0.2) is 0 Å². The standard InChI is InChI=1S/C17H29NO5/c1-2-3-4-5-6-13-7-8-15(21)14(9-13)10-18(16(22)11-19)17(23)12-20/h7-9,16-17,19-23H,2-6,10-12H2,1H3. The molecule has 0 heterocycles. The Morgan fingerprint density at radius 3 is 2.22 bits per heavy atom. The lowest BCUT2D eigenvalue weighted by Crippen LogP contribution is -2.46. The summed E-state index contributed by atoms with van der Waals surface area (Å²) >= 11 is 0. The highest BCUT2D eigenvalue weighted by atomic mass is 16.4. The second-order valence-electron chi connectivity index (χ2n) is 5.77. The highest BCUT2D eigenvalue weighted by Crippen LogP contribution is 2.23. The summed E-state index contributed by atoms with van der Waals surface area (Å²) < 4.78 is 0. The Bertz CT molecular complexity index is 445. The van der Waals surface area contributed by atoms with Crippen molar-refractivity contribution in [3.8, 4) is 5.75 Å². The maximum Gasteiger partial charge on any atom is 0.133 e. The summed E-state index contributed by atoms with van der Waals surface area (Å²) in [5.41, 5.74) is 1.61. The summed E-state index contributed by atoms with van der Waals surface area (Å²) in [5.74, 6) is 0.0580. The highest BCUT2D eigenvalue weighted by Gasteiger charge is 2.23. The fourth-order valence-corrected chi connectivity index (χ4v) is 2.49. The molecule has 0 aliphatic heterocycles. The number of hydrogen-bond donors (Lipinski definition) is 5. The quantitative estimate of drug-likeness (QED) is 0.306. The van der Waals surface area contributed by atoms with E-state index in [4.69, 9.17) is 10.2 Å². The third kappa shape index (κ3) is 6.45. The molecule has 0 fully saturated rings. The van der Waals surface area contributed by atoms with Gasteiger partial charge in [0.2, 0.25) is 0 Å². The number of aryl methyl sites for hydroxylation is 1. The van der Waals surface area contributed by atoms with Crippen LogP contribution in [-0.4, -0.2) is 56.1 Å². The van der Waals surface area contributed by atoms with Gasteiger partial charge in [-0.25, -0.2) is 4.90 Å². The molecule has 0 aliphatic carbocycles. The number of phenolic OH excluding ortho intramolecular Hbond substituents is 1. The molecule has 2 atom stereocenters. The lowest BCUT2D eigenvalue weighted by Gasteiger charge is -2.30. The van der Waals surface area contributed by atoms with Gasteiger partial charge in [-0.05, 0) is 24.5 Å². The van der Waals surface area contributed by atoms with Crippen molar-refractivity contribution in [3.63, 3.8) is 0 Å². The van der Waals surface area contributed by atoms with Crippen molar-refractivity contribution in [1.82, 2.24) is 4.90 Å². The van der Waals surface area contributed by atoms with E-state index in [1.165, 1.54) is 12.8 Å². The molecule has 0 aromatic heterocycles. The number of benzene rings is 1. The van der Waals surface area contributed by atoms with Crippen molar-refractivity contribution in [1.29, 1.82) is 0 Å². The molecule has 132 valence electrons. The summed E-state index contributed by atoms with van der Waals surface area (Å²) in [5, 5.41) is 47.7. The van der Waals surface area contributed by atoms with Gasteiger partial charge in [-0.15, -0.1) is 0 Å². The molecule has 6 nitrogen and oxygen atoms in total. The molecule has 0 spiro atoms. The van der Waals surface area contributed by atoms with Gasteiger partial charge in [0.25, 0.3) is 0 Å². The number of aliphatic hydroxyl groups excluding tert-OH is 4. The van der Waals surface area contributed by atoms with E-state index in [9.17, 15) is 15.3 Å². The zero-order valence-electron chi connectivity index (χ0n) is 13.7. The molecule has 23 heavy (non-hydrogen) atoms. The number of rotatable bonds is 11. The van der Waals surface area contributed by atoms with E-state index < -0.39 is 25.7 Å². The minimum Gasteiger partial charge on any atom is -0.508 e. The molecule has 0 amide bonds. The molecule has 0 radical (unpaired) electrons. The summed E-state index contributed by atoms with van der Waals surface area (Å²) in [6, 6.07) is 5.29. The summed E-state index contributed by atoms with van der Waals surface area (Å²) in [6.45, 7) is 1.04. The molecule has 1 rings (SSSR count). The van der Waals surface area contributed by atoms with Crippen LogP contribution < -0.4 is 0 Å². The van der Waals surface area contributed by atoms with Crippen LogP contribution in [0.15, 0.2) is 18.2 Å². The second-order valence-corrected chi connectivity index (χ2v) is 5.77. The van der Waals surface area contributed by atoms with Crippen molar-refractivity contribution in [2.24, 2.45) is 0 Å². The van der Waals surface area contributed by atoms with Crippen LogP contribution in [0.1, 0.15) is 43.7 Å². The number of phenols is 1. The Kier molecular flexibility index (Phi) is 9.13. The molecule has 5 N–H and O–H groups in total. The van der Waals surface area contributed by atoms with E-state index in [2.05, 4.69) is 6.92 Å². The van der Waals surface area contributed by atoms with Crippen molar-refractivity contribution < 1.29 is 25.5 Å². The van der Waals surface area contributed by atoms with E-state index in [0.717, 1.165) is 29.7 Å². The SMILES string of the molecule is CCCCCCc1ccc(O)c(CN(C(O)CO)C(O)CO)c1. The van der Waals surface area contributed by atoms with Gasteiger partial charge < -0.3 is 25.5 Å². The Morgan fingerprint density at radius 2 is 1.65 bits per heavy atom. The second kappa shape index (κ2) is 10.6. The third-order valence-electron chi connectivity index (χ3n) is 3.91. The maximum absolute atomic E-state index is 9.99. The van der Waals surface area contributed by atoms with Gasteiger partial charge >= 0.3 is 0 Å². The van der Waals surface area contributed by atoms with Gasteiger partial charge in [0.05, 0.1) is 13.2 Å². The predicted molar refractivity (Wildman–Crippen MR) is 87.7 cm³/mol. The Labute approximate surface area is 137 Å². The fraction of sp³-hybridized carbons (Fsp3) is 0.647. The average molecular weight is 327 g/mol. The van der Waals surface area contributed by atoms with Crippen molar-refractivity contribution in [2.75, 3.05) is 13.2 Å². The molecule has 0 saturated carbocycles. The molecule has 0 bridgehead atoms. The first-order chi connectivity index (χ1) is 11.0. The molecule has 1 aromatic carbocycles. The van der Waals surface area contributed by atoms with Gasteiger partial charge in [-0.1, -0.05) is 38.3 Å². The molecule has 6 heteroatoms. The van der Waals surface area contributed by atoms with Crippen LogP contribution in [0.5, 0.6) is 5.75 Å². The van der Waals surface area contributed by atoms with E-state index in [1.54, 1.807) is 6.07 Å². The highest BCUT2D eigenvalue weighted by molar-refractivity contribution is 5.36. The third-order valence-corrected chi connectivity index (χ3v) is 3.91. The molecule has 1 aromatic rings. The predicted octanol–water partition coefficient (Wildman–Crippen LogP) is 0.938. The molecule has 2 unspecified atom stereocenters. The first kappa shape index (κ1) is 19.9. The Hall–Kier alpha value is -1.18. The molecular formula is C17H29NO5. The lowest BCUT2D eigenvalue weighted by molar-refractivity contribution is -0.138. The van der Waals surface area contributed by atoms with E-state index in [-0.39, 0.29) is 12.3 Å². The first-order valence-corrected chi connectivity index (χ1v) is 8.17. The summed E-state index contributed by atoms with van der Waals surface area (Å²) in [4.78, 5) is 1.13. The minimum absolute atomic E-state index is 0.0259. The van der Waals surface area contributed by atoms with Crippen molar-refractivity contribution in [3.05, 3.63) is 29.3 Å². The number of aliphatic hydroxyl groups is 4. The Balaban J connectivity index is 2.80. The lowest BCUT2D eigenvalue weighted by atomic mass is 10.0. The number of hydrogen-bond acceptors (Lipinski definition) is 6. The zero-order chi connectivity index (χ0) is 17.2. The van der Waals surface area contributed by atoms with Crippen LogP contribution in [0.2, 0.25) is 0 Å². The first-order valence-electron chi connectivity index (χ1n) is 8.17. The number of unbranched alkanes of at least 4 members (excludes halogenated alkanes) is 3. The van der Waals surface area contributed by atoms with Gasteiger partial charge in [0, 0.05) is 12.1 Å². The topological polar surface area (TPSA) is 104 Å². The zero-order valence-corrected chi connectivity index (χ0v) is 13.7. The van der Waals surface area contributed by atoms with Gasteiger partial charge in [-0.3, -0.25) is 0 Å². The van der Waals surface area contributed by atoms with Crippen LogP contribution >= 0.6 is 0 Å². The van der Waals surface area contributed by atoms with E-state index >= 15 is 0 Å². The fourth-order valence-electron chi connectivity index (χ4n) is 2.49. The van der Waals surface area contributed by atoms with Crippen LogP contribution in [0.4, 0.5) is 0 Å². The number of nitrogens with zero attached hydrogens (tertiary/aromatic N) is 1. The van der Waals surface area contributed by atoms with Crippen molar-refractivity contribution >= 4 is 0 Å².